The average molecular weight is 402 g/mol. The smallest absolute Gasteiger partial charge is 0.250 e. The maximum Gasteiger partial charge on any atom is 0.250 e. The lowest BCUT2D eigenvalue weighted by Crippen LogP contribution is -2.48. The quantitative estimate of drug-likeness (QED) is 0.824. The minimum atomic E-state index is -0.426. The van der Waals surface area contributed by atoms with E-state index in [4.69, 9.17) is 16.3 Å². The molecule has 8 heteroatoms. The van der Waals surface area contributed by atoms with Crippen LogP contribution in [0.5, 0.6) is 0 Å². The second-order valence-electron chi connectivity index (χ2n) is 5.77. The van der Waals surface area contributed by atoms with Gasteiger partial charge in [0, 0.05) is 23.7 Å². The first-order valence-electron chi connectivity index (χ1n) is 7.90. The summed E-state index contributed by atoms with van der Waals surface area (Å²) in [6.45, 7) is 5.84. The summed E-state index contributed by atoms with van der Waals surface area (Å²) < 4.78 is 5.49. The summed E-state index contributed by atoms with van der Waals surface area (Å²) in [5, 5.41) is 7.82. The summed E-state index contributed by atoms with van der Waals surface area (Å²) in [6.07, 6.45) is -0.426. The zero-order valence-corrected chi connectivity index (χ0v) is 16.4. The Morgan fingerprint density at radius 2 is 2.16 bits per heavy atom. The zero-order valence-electron chi connectivity index (χ0n) is 14.0. The Morgan fingerprint density at radius 3 is 2.80 bits per heavy atom. The van der Waals surface area contributed by atoms with Crippen molar-refractivity contribution in [1.29, 1.82) is 0 Å². The van der Waals surface area contributed by atoms with E-state index in [0.29, 0.717) is 18.2 Å². The van der Waals surface area contributed by atoms with Crippen LogP contribution in [0.25, 0.3) is 10.6 Å². The molecule has 1 amide bonds. The van der Waals surface area contributed by atoms with Gasteiger partial charge in [-0.1, -0.05) is 23.7 Å². The summed E-state index contributed by atoms with van der Waals surface area (Å²) >= 11 is 7.53. The highest BCUT2D eigenvalue weighted by atomic mass is 35.5. The van der Waals surface area contributed by atoms with Crippen LogP contribution < -0.4 is 10.6 Å². The normalized spacial score (nSPS) is 18.3. The van der Waals surface area contributed by atoms with Crippen molar-refractivity contribution in [2.45, 2.75) is 26.0 Å². The van der Waals surface area contributed by atoms with E-state index >= 15 is 0 Å². The third kappa shape index (κ3) is 4.92. The van der Waals surface area contributed by atoms with Crippen LogP contribution in [-0.2, 0) is 9.53 Å². The Labute approximate surface area is 162 Å². The summed E-state index contributed by atoms with van der Waals surface area (Å²) in [5.74, 6) is -0.0875. The molecule has 5 nitrogen and oxygen atoms in total. The molecule has 2 aromatic rings. The zero-order chi connectivity index (χ0) is 17.1. The Morgan fingerprint density at radius 1 is 1.44 bits per heavy atom. The van der Waals surface area contributed by atoms with Crippen LogP contribution >= 0.6 is 35.3 Å². The van der Waals surface area contributed by atoms with E-state index in [2.05, 4.69) is 15.6 Å². The van der Waals surface area contributed by atoms with Crippen LogP contribution in [0.3, 0.4) is 0 Å². The SMILES string of the molecule is Cc1nc(-c2ccc(Cl)cc2)sc1C(C)NC(=O)C1CNCCO1.Cl. The molecule has 0 spiro atoms. The maximum atomic E-state index is 12.3. The van der Waals surface area contributed by atoms with E-state index in [1.54, 1.807) is 11.3 Å². The van der Waals surface area contributed by atoms with E-state index in [0.717, 1.165) is 27.7 Å². The topological polar surface area (TPSA) is 63.2 Å². The lowest BCUT2D eigenvalue weighted by atomic mass is 10.2. The van der Waals surface area contributed by atoms with Crippen molar-refractivity contribution < 1.29 is 9.53 Å². The van der Waals surface area contributed by atoms with Crippen LogP contribution in [-0.4, -0.2) is 36.7 Å². The summed E-state index contributed by atoms with van der Waals surface area (Å²) in [5.41, 5.74) is 1.96. The molecule has 2 N–H and O–H groups in total. The average Bonchev–Trinajstić information content (AvgIpc) is 2.98. The largest absolute Gasteiger partial charge is 0.366 e. The van der Waals surface area contributed by atoms with Crippen LogP contribution in [0.2, 0.25) is 5.02 Å². The number of ether oxygens (including phenoxy) is 1. The van der Waals surface area contributed by atoms with Crippen LogP contribution in [0, 0.1) is 6.92 Å². The second-order valence-corrected chi connectivity index (χ2v) is 7.24. The van der Waals surface area contributed by atoms with Crippen molar-refractivity contribution in [3.63, 3.8) is 0 Å². The van der Waals surface area contributed by atoms with E-state index in [-0.39, 0.29) is 24.4 Å². The third-order valence-electron chi connectivity index (χ3n) is 3.90. The maximum absolute atomic E-state index is 12.3. The number of thiazole rings is 1. The second kappa shape index (κ2) is 8.96. The molecule has 1 saturated heterocycles. The first-order valence-corrected chi connectivity index (χ1v) is 9.10. The molecule has 1 fully saturated rings. The molecule has 1 aliphatic heterocycles. The van der Waals surface area contributed by atoms with Crippen molar-refractivity contribution in [2.75, 3.05) is 19.7 Å². The Balaban J connectivity index is 0.00000225. The number of aryl methyl sites for hydroxylation is 1. The standard InChI is InChI=1S/C17H20ClN3O2S.ClH/c1-10(20-16(22)14-9-19-7-8-23-14)15-11(2)21-17(24-15)12-3-5-13(18)6-4-12;/h3-6,10,14,19H,7-9H2,1-2H3,(H,20,22);1H. The van der Waals surface area contributed by atoms with Gasteiger partial charge in [0.2, 0.25) is 0 Å². The first-order chi connectivity index (χ1) is 11.5. The highest BCUT2D eigenvalue weighted by molar-refractivity contribution is 7.15. The number of halogens is 2. The minimum Gasteiger partial charge on any atom is -0.366 e. The molecule has 2 atom stereocenters. The number of benzene rings is 1. The number of nitrogens with zero attached hydrogens (tertiary/aromatic N) is 1. The molecule has 0 bridgehead atoms. The Hall–Kier alpha value is -1.18. The molecule has 1 aromatic carbocycles. The van der Waals surface area contributed by atoms with Crippen molar-refractivity contribution in [3.8, 4) is 10.6 Å². The molecule has 0 radical (unpaired) electrons. The van der Waals surface area contributed by atoms with Gasteiger partial charge >= 0.3 is 0 Å². The van der Waals surface area contributed by atoms with Crippen LogP contribution in [0.15, 0.2) is 24.3 Å². The fourth-order valence-corrected chi connectivity index (χ4v) is 3.83. The molecule has 2 heterocycles. The van der Waals surface area contributed by atoms with Gasteiger partial charge in [-0.15, -0.1) is 23.7 Å². The van der Waals surface area contributed by atoms with Crippen molar-refractivity contribution in [2.24, 2.45) is 0 Å². The third-order valence-corrected chi connectivity index (χ3v) is 5.54. The number of aromatic nitrogens is 1. The molecule has 2 unspecified atom stereocenters. The van der Waals surface area contributed by atoms with E-state index in [1.165, 1.54) is 0 Å². The van der Waals surface area contributed by atoms with Gasteiger partial charge in [0.25, 0.3) is 5.91 Å². The minimum absolute atomic E-state index is 0. The van der Waals surface area contributed by atoms with Crippen molar-refractivity contribution in [3.05, 3.63) is 39.9 Å². The number of hydrogen-bond acceptors (Lipinski definition) is 5. The molecule has 25 heavy (non-hydrogen) atoms. The van der Waals surface area contributed by atoms with E-state index in [1.807, 2.05) is 38.1 Å². The van der Waals surface area contributed by atoms with Crippen molar-refractivity contribution in [1.82, 2.24) is 15.6 Å². The van der Waals surface area contributed by atoms with Gasteiger partial charge < -0.3 is 15.4 Å². The number of morpholine rings is 1. The summed E-state index contributed by atoms with van der Waals surface area (Å²) in [6, 6.07) is 7.50. The molecule has 3 rings (SSSR count). The Kier molecular flexibility index (Phi) is 7.22. The van der Waals surface area contributed by atoms with Gasteiger partial charge in [-0.05, 0) is 26.0 Å². The van der Waals surface area contributed by atoms with Gasteiger partial charge in [0.15, 0.2) is 0 Å². The van der Waals surface area contributed by atoms with Gasteiger partial charge in [-0.3, -0.25) is 4.79 Å². The molecule has 1 aromatic heterocycles. The van der Waals surface area contributed by atoms with E-state index in [9.17, 15) is 4.79 Å². The van der Waals surface area contributed by atoms with Gasteiger partial charge in [0.05, 0.1) is 23.2 Å². The van der Waals surface area contributed by atoms with Gasteiger partial charge in [-0.25, -0.2) is 4.98 Å². The number of rotatable bonds is 4. The molecule has 0 saturated carbocycles. The number of carbonyl (C=O) groups excluding carboxylic acids is 1. The van der Waals surface area contributed by atoms with Gasteiger partial charge in [-0.2, -0.15) is 0 Å². The number of amides is 1. The molecule has 1 aliphatic rings. The lowest BCUT2D eigenvalue weighted by Gasteiger charge is -2.24. The van der Waals surface area contributed by atoms with E-state index < -0.39 is 6.10 Å². The number of carbonyl (C=O) groups is 1. The van der Waals surface area contributed by atoms with Crippen LogP contribution in [0.4, 0.5) is 0 Å². The number of hydrogen-bond donors (Lipinski definition) is 2. The predicted octanol–water partition coefficient (Wildman–Crippen LogP) is 3.36. The molecular weight excluding hydrogens is 381 g/mol. The monoisotopic (exact) mass is 401 g/mol. The highest BCUT2D eigenvalue weighted by Gasteiger charge is 2.24. The molecule has 136 valence electrons. The lowest BCUT2D eigenvalue weighted by molar-refractivity contribution is -0.134. The summed E-state index contributed by atoms with van der Waals surface area (Å²) in [4.78, 5) is 18.0. The van der Waals surface area contributed by atoms with Crippen molar-refractivity contribution >= 4 is 41.3 Å². The molecule has 0 aliphatic carbocycles. The number of nitrogens with one attached hydrogen (secondary N) is 2. The van der Waals surface area contributed by atoms with Gasteiger partial charge in [0.1, 0.15) is 11.1 Å². The highest BCUT2D eigenvalue weighted by Crippen LogP contribution is 2.32. The molecular formula is C17H21Cl2N3O2S. The van der Waals surface area contributed by atoms with Crippen LogP contribution in [0.1, 0.15) is 23.5 Å². The predicted molar refractivity (Wildman–Crippen MR) is 104 cm³/mol. The fraction of sp³-hybridized carbons (Fsp3) is 0.412. The fourth-order valence-electron chi connectivity index (χ4n) is 2.63. The summed E-state index contributed by atoms with van der Waals surface area (Å²) in [7, 11) is 0. The first kappa shape index (κ1) is 20.1. The Bertz CT molecular complexity index is 715.